The van der Waals surface area contributed by atoms with Gasteiger partial charge in [-0.25, -0.2) is 4.79 Å². The van der Waals surface area contributed by atoms with E-state index in [1.54, 1.807) is 69.4 Å². The van der Waals surface area contributed by atoms with Gasteiger partial charge in [-0.1, -0.05) is 128 Å². The summed E-state index contributed by atoms with van der Waals surface area (Å²) >= 11 is 0. The van der Waals surface area contributed by atoms with Gasteiger partial charge in [0, 0.05) is 128 Å². The zero-order valence-electron chi connectivity index (χ0n) is 87.5. The number of carboxylic acid groups (broad SMARTS) is 4. The highest BCUT2D eigenvalue weighted by Crippen LogP contribution is 2.32. The maximum absolute atomic E-state index is 12.7. The molecule has 0 radical (unpaired) electrons. The van der Waals surface area contributed by atoms with Gasteiger partial charge in [0.05, 0.1) is 152 Å². The lowest BCUT2D eigenvalue weighted by atomic mass is 9.91. The first-order valence-electron chi connectivity index (χ1n) is 46.3. The Kier molecular flexibility index (Phi) is 72.3. The number of ketones is 7. The van der Waals surface area contributed by atoms with E-state index in [0.29, 0.717) is 64.2 Å². The second-order valence-corrected chi connectivity index (χ2v) is 36.3. The fraction of sp³-hybridized carbons (Fsp3) is 0.697. The molecule has 42 nitrogen and oxygen atoms in total. The van der Waals surface area contributed by atoms with Gasteiger partial charge in [-0.2, -0.15) is 0 Å². The summed E-state index contributed by atoms with van der Waals surface area (Å²) in [7, 11) is 16.4. The molecule has 0 bridgehead atoms. The van der Waals surface area contributed by atoms with Crippen molar-refractivity contribution in [3.8, 4) is 0 Å². The van der Waals surface area contributed by atoms with E-state index in [9.17, 15) is 71.9 Å². The summed E-state index contributed by atoms with van der Waals surface area (Å²) in [6.07, 6.45) is 1.86. The second kappa shape index (κ2) is 75.2. The Bertz CT molecular complexity index is 3990. The minimum atomic E-state index is -1.06. The number of ether oxygens (including phenoxy) is 16. The first-order valence-corrected chi connectivity index (χ1v) is 46.3. The Morgan fingerprint density at radius 1 is 0.362 bits per heavy atom. The van der Waals surface area contributed by atoms with Gasteiger partial charge in [0.2, 0.25) is 11.8 Å². The number of hydrogen-bond donors (Lipinski definition) is 9. The predicted molar refractivity (Wildman–Crippen MR) is 517 cm³/mol. The molecule has 0 aliphatic carbocycles. The summed E-state index contributed by atoms with van der Waals surface area (Å²) < 4.78 is 83.8. The number of methoxy groups -OCH3 is 11. The van der Waals surface area contributed by atoms with E-state index < -0.39 is 106 Å². The number of rotatable bonds is 60. The van der Waals surface area contributed by atoms with Crippen LogP contribution in [0.2, 0.25) is 0 Å². The maximum Gasteiger partial charge on any atom is 0.358 e. The molecular formula is C99H164N6O36. The lowest BCUT2D eigenvalue weighted by Crippen LogP contribution is -2.50. The molecule has 2 amide bonds. The van der Waals surface area contributed by atoms with E-state index in [2.05, 4.69) is 43.6 Å². The lowest BCUT2D eigenvalue weighted by molar-refractivity contribution is -0.154. The van der Waals surface area contributed by atoms with Crippen molar-refractivity contribution in [3.63, 3.8) is 0 Å². The topological polar surface area (TPSA) is 623 Å². The SMILES string of the molecule is CC(C)C[C@H](N)C(=O)[C@@]1(C)CO1.COC[C@H](C)C(=O)O.COC[C@H](C)C(=O)O.COC[C@H](CC(=O)[C@@H](C)COC)C(=O)N[C@@H](CC(C)C)C(=O)[C@@]1(C)CO1.COC[C@H](CC(=O)[C@@H](C)COC)C(=O)O.COC[C@H](CC(=O)[C@@H](C)COC)C(=O)OCc1ccccc1.COC[C@H](CC(=O)[C@@H](N)COC)C(=O)N[C@@H](CC(C)C)C(=O)[C@@]1(C)CO1.COC[C@H](N)C(=O)OCc1ccccc1.Cc1cc(C(=O)O)no1. The molecule has 3 aliphatic rings. The van der Waals surface area contributed by atoms with Gasteiger partial charge in [0.25, 0.3) is 0 Å². The molecule has 1 aromatic heterocycles. The molecule has 2 aromatic carbocycles. The van der Waals surface area contributed by atoms with Crippen LogP contribution in [0.5, 0.6) is 0 Å². The molecule has 806 valence electrons. The van der Waals surface area contributed by atoms with Gasteiger partial charge < -0.3 is 129 Å². The number of carbonyl (C=O) groups excluding carboxylic acids is 11. The van der Waals surface area contributed by atoms with Crippen LogP contribution in [0.25, 0.3) is 0 Å². The number of nitrogens with zero attached hydrogens (tertiary/aromatic N) is 1. The van der Waals surface area contributed by atoms with Crippen LogP contribution in [-0.4, -0.2) is 331 Å². The Morgan fingerprint density at radius 2 is 0.652 bits per heavy atom. The van der Waals surface area contributed by atoms with Crippen LogP contribution in [0.1, 0.15) is 169 Å². The zero-order valence-corrected chi connectivity index (χ0v) is 87.5. The minimum absolute atomic E-state index is 0.00625. The van der Waals surface area contributed by atoms with E-state index in [1.807, 2.05) is 88.4 Å². The molecule has 4 heterocycles. The van der Waals surface area contributed by atoms with Crippen LogP contribution < -0.4 is 27.8 Å². The van der Waals surface area contributed by atoms with E-state index >= 15 is 0 Å². The van der Waals surface area contributed by atoms with Crippen molar-refractivity contribution in [3.05, 3.63) is 89.3 Å². The highest BCUT2D eigenvalue weighted by molar-refractivity contribution is 5.99. The normalized spacial score (nSPS) is 18.0. The quantitative estimate of drug-likeness (QED) is 0.0201. The van der Waals surface area contributed by atoms with Crippen LogP contribution in [0, 0.1) is 77.9 Å². The van der Waals surface area contributed by atoms with Crippen molar-refractivity contribution in [1.29, 1.82) is 0 Å². The molecule has 3 aromatic rings. The third kappa shape index (κ3) is 61.2. The van der Waals surface area contributed by atoms with Gasteiger partial charge in [0.15, 0.2) is 28.8 Å². The third-order valence-electron chi connectivity index (χ3n) is 21.0. The number of benzene rings is 2. The number of esters is 2. The van der Waals surface area contributed by atoms with Crippen molar-refractivity contribution in [2.45, 2.75) is 209 Å². The van der Waals surface area contributed by atoms with Crippen molar-refractivity contribution in [2.24, 2.45) is 88.2 Å². The monoisotopic (exact) mass is 2010 g/mol. The van der Waals surface area contributed by atoms with Crippen LogP contribution in [0.3, 0.4) is 0 Å². The van der Waals surface area contributed by atoms with E-state index in [-0.39, 0.29) is 191 Å². The average molecular weight is 2010 g/mol. The summed E-state index contributed by atoms with van der Waals surface area (Å²) in [5, 5.41) is 42.4. The number of Topliss-reactive ketones (excluding diaryl/α,β-unsaturated/α-hetero) is 7. The predicted octanol–water partition coefficient (Wildman–Crippen LogP) is 7.07. The van der Waals surface area contributed by atoms with Crippen molar-refractivity contribution in [1.82, 2.24) is 15.8 Å². The number of nitrogens with one attached hydrogen (secondary N) is 2. The number of aromatic nitrogens is 1. The first kappa shape index (κ1) is 136. The average Bonchev–Trinajstić information content (AvgIpc) is 1.66. The fourth-order valence-electron chi connectivity index (χ4n) is 12.2. The molecule has 6 rings (SSSR count). The number of carbonyl (C=O) groups is 15. The molecule has 3 aliphatic heterocycles. The molecule has 0 spiro atoms. The molecular weight excluding hydrogens is 1850 g/mol. The van der Waals surface area contributed by atoms with Crippen LogP contribution >= 0.6 is 0 Å². The van der Waals surface area contributed by atoms with Crippen molar-refractivity contribution >= 4 is 88.1 Å². The number of epoxide rings is 3. The Hall–Kier alpha value is -9.58. The van der Waals surface area contributed by atoms with E-state index in [0.717, 1.165) is 17.5 Å². The van der Waals surface area contributed by atoms with Crippen molar-refractivity contribution in [2.75, 3.05) is 171 Å². The van der Waals surface area contributed by atoms with E-state index in [4.69, 9.17) is 104 Å². The second-order valence-electron chi connectivity index (χ2n) is 36.3. The summed E-state index contributed by atoms with van der Waals surface area (Å²) in [6.45, 7) is 31.4. The maximum atomic E-state index is 12.7. The molecule has 3 fully saturated rings. The smallest absolute Gasteiger partial charge is 0.358 e. The Labute approximate surface area is 830 Å². The zero-order chi connectivity index (χ0) is 108. The minimum Gasteiger partial charge on any atom is -0.481 e. The number of aliphatic carboxylic acids is 3. The summed E-state index contributed by atoms with van der Waals surface area (Å²) in [6, 6.07) is 17.1. The molecule has 12 N–H and O–H groups in total. The molecule has 3 saturated heterocycles. The highest BCUT2D eigenvalue weighted by Gasteiger charge is 2.52. The number of aryl methyl sites for hydroxylation is 1. The molecule has 0 saturated carbocycles. The van der Waals surface area contributed by atoms with Crippen molar-refractivity contribution < 1.29 is 173 Å². The number of aromatic carboxylic acids is 1. The third-order valence-corrected chi connectivity index (χ3v) is 21.0. The first-order chi connectivity index (χ1) is 66.1. The van der Waals surface area contributed by atoms with Gasteiger partial charge in [0.1, 0.15) is 59.2 Å². The van der Waals surface area contributed by atoms with Gasteiger partial charge in [-0.05, 0) is 89.7 Å². The number of hydrogen-bond acceptors (Lipinski definition) is 36. The Balaban J connectivity index is -0.00000156. The Morgan fingerprint density at radius 3 is 0.936 bits per heavy atom. The molecule has 42 heteroatoms. The van der Waals surface area contributed by atoms with E-state index in [1.165, 1.54) is 77.2 Å². The molecule has 0 unspecified atom stereocenters. The fourth-order valence-corrected chi connectivity index (χ4v) is 12.2. The largest absolute Gasteiger partial charge is 0.481 e. The highest BCUT2D eigenvalue weighted by atomic mass is 16.6. The summed E-state index contributed by atoms with van der Waals surface area (Å²) in [4.78, 5) is 174. The summed E-state index contributed by atoms with van der Waals surface area (Å²) in [5.74, 6) is -8.84. The van der Waals surface area contributed by atoms with Crippen LogP contribution in [0.4, 0.5) is 0 Å². The van der Waals surface area contributed by atoms with Gasteiger partial charge >= 0.3 is 35.8 Å². The summed E-state index contributed by atoms with van der Waals surface area (Å²) in [5.41, 5.74) is 16.6. The number of nitrogens with two attached hydrogens (primary N) is 3. The van der Waals surface area contributed by atoms with Gasteiger partial charge in [-0.15, -0.1) is 0 Å². The molecule has 17 atom stereocenters. The van der Waals surface area contributed by atoms with Gasteiger partial charge in [-0.3, -0.25) is 67.1 Å². The van der Waals surface area contributed by atoms with Crippen LogP contribution in [0.15, 0.2) is 71.3 Å². The van der Waals surface area contributed by atoms with Crippen LogP contribution in [-0.2, 0) is 156 Å². The number of amides is 2. The lowest BCUT2D eigenvalue weighted by Gasteiger charge is -2.24. The standard InChI is InChI=1S/C19H33NO6.C18H32N2O6.C17H24O5.C11H15NO3.C10H18O5.C9H17NO2.C5H5NO3.2C5H10O3/c1-12(2)7-15(17(22)19(4)11-26-19)20-18(23)14(10-25-6)8-16(21)13(3)9-24-5;1-11(2)6-14(16(22)18(3)10-26-18)20-17(23)12(8-24-4)7-15(21)13(19)9-25-5;1-13(10-20-2)16(18)9-15(12-21-3)17(19)22-11-14-7-5-4-6-8-14;1-14-8-10(12)11(13)15-7-9-5-3-2-4-6-9;1-7(5-14-2)9(11)4-8(6-15-3)10(12)13;1-6(2)4-7(10)8(11)9(3)5-12-9;1-3-2-4(5(7)8)6-9-3;2*1-4(3-8-2)5(6)7/h12-15H,7-11H2,1-6H3,(H,20,23);11-14H,6-10,19H2,1-5H3,(H,20,23);4-8,13,15H,9-12H2,1-3H3;2-6,10H,7-8,12H2,1H3;7-8H,4-6H2,1-3H3,(H,12,13);6-7H,4-5,10H2,1-3H3;2H,1H3,(H,7,8);2*4H,3H2,1-2H3,(H,6,7)/t13-,14-,15-,19+;12-,13-,14-,18+;13-,15-;10-;7-,8-;7-,9+;;2*4-/m000000.00/s1. The number of carboxylic acids is 4. The molecule has 141 heavy (non-hydrogen) atoms.